The first-order valence-electron chi connectivity index (χ1n) is 6.52. The van der Waals surface area contributed by atoms with Gasteiger partial charge in [0, 0.05) is 18.7 Å². The number of anilines is 1. The fourth-order valence-electron chi connectivity index (χ4n) is 2.63. The lowest BCUT2D eigenvalue weighted by atomic mass is 9.97. The molecule has 2 nitrogen and oxygen atoms in total. The fraction of sp³-hybridized carbons (Fsp3) is 0.533. The Hall–Kier alpha value is -1.31. The zero-order valence-corrected chi connectivity index (χ0v) is 11.0. The summed E-state index contributed by atoms with van der Waals surface area (Å²) in [5.41, 5.74) is 3.96. The number of Topliss-reactive ketones (excluding diaryl/α,β-unsaturated/α-hetero) is 1. The molecule has 92 valence electrons. The standard InChI is InChI=1S/C15H21NO/c1-4-15(17)12(3)16-9-5-6-13-10-11(2)7-8-14(13)16/h7-8,10,12H,4-6,9H2,1-3H3. The second-order valence-corrected chi connectivity index (χ2v) is 4.92. The number of hydrogen-bond donors (Lipinski definition) is 0. The molecule has 0 bridgehead atoms. The predicted molar refractivity (Wildman–Crippen MR) is 71.6 cm³/mol. The van der Waals surface area contributed by atoms with Gasteiger partial charge in [-0.15, -0.1) is 0 Å². The number of benzene rings is 1. The summed E-state index contributed by atoms with van der Waals surface area (Å²) >= 11 is 0. The predicted octanol–water partition coefficient (Wildman–Crippen LogP) is 3.12. The highest BCUT2D eigenvalue weighted by atomic mass is 16.1. The van der Waals surface area contributed by atoms with E-state index in [4.69, 9.17) is 0 Å². The molecule has 1 aromatic rings. The van der Waals surface area contributed by atoms with Crippen molar-refractivity contribution >= 4 is 11.5 Å². The second kappa shape index (κ2) is 4.91. The maximum absolute atomic E-state index is 11.8. The van der Waals surface area contributed by atoms with E-state index < -0.39 is 0 Å². The Bertz CT molecular complexity index is 425. The van der Waals surface area contributed by atoms with Crippen molar-refractivity contribution in [2.75, 3.05) is 11.4 Å². The van der Waals surface area contributed by atoms with E-state index in [1.165, 1.54) is 16.8 Å². The van der Waals surface area contributed by atoms with E-state index >= 15 is 0 Å². The van der Waals surface area contributed by atoms with Crippen molar-refractivity contribution in [2.24, 2.45) is 0 Å². The van der Waals surface area contributed by atoms with Crippen molar-refractivity contribution in [3.63, 3.8) is 0 Å². The Kier molecular flexibility index (Phi) is 3.51. The average molecular weight is 231 g/mol. The van der Waals surface area contributed by atoms with Crippen LogP contribution in [0, 0.1) is 6.92 Å². The number of ketones is 1. The number of nitrogens with zero attached hydrogens (tertiary/aromatic N) is 1. The van der Waals surface area contributed by atoms with Crippen LogP contribution in [-0.2, 0) is 11.2 Å². The molecule has 0 aliphatic carbocycles. The molecule has 1 aliphatic rings. The molecular formula is C15H21NO. The minimum atomic E-state index is 0.0155. The van der Waals surface area contributed by atoms with Crippen LogP contribution in [0.15, 0.2) is 18.2 Å². The molecule has 2 heteroatoms. The number of carbonyl (C=O) groups excluding carboxylic acids is 1. The number of rotatable bonds is 3. The van der Waals surface area contributed by atoms with Gasteiger partial charge in [0.2, 0.25) is 0 Å². The van der Waals surface area contributed by atoms with Gasteiger partial charge in [-0.2, -0.15) is 0 Å². The second-order valence-electron chi connectivity index (χ2n) is 4.92. The molecule has 1 aliphatic heterocycles. The Morgan fingerprint density at radius 2 is 2.24 bits per heavy atom. The van der Waals surface area contributed by atoms with Gasteiger partial charge in [0.25, 0.3) is 0 Å². The van der Waals surface area contributed by atoms with Crippen molar-refractivity contribution in [3.8, 4) is 0 Å². The molecule has 17 heavy (non-hydrogen) atoms. The van der Waals surface area contributed by atoms with E-state index in [-0.39, 0.29) is 6.04 Å². The Balaban J connectivity index is 2.31. The van der Waals surface area contributed by atoms with E-state index in [1.807, 2.05) is 13.8 Å². The molecule has 0 saturated heterocycles. The highest BCUT2D eigenvalue weighted by Gasteiger charge is 2.24. The third-order valence-electron chi connectivity index (χ3n) is 3.67. The van der Waals surface area contributed by atoms with Crippen LogP contribution in [-0.4, -0.2) is 18.4 Å². The van der Waals surface area contributed by atoms with Gasteiger partial charge in [-0.3, -0.25) is 4.79 Å². The lowest BCUT2D eigenvalue weighted by molar-refractivity contribution is -0.119. The largest absolute Gasteiger partial charge is 0.362 e. The van der Waals surface area contributed by atoms with Crippen molar-refractivity contribution in [1.29, 1.82) is 0 Å². The van der Waals surface area contributed by atoms with E-state index in [2.05, 4.69) is 30.0 Å². The molecule has 0 fully saturated rings. The maximum atomic E-state index is 11.8. The summed E-state index contributed by atoms with van der Waals surface area (Å²) in [6.07, 6.45) is 2.91. The van der Waals surface area contributed by atoms with Crippen molar-refractivity contribution in [3.05, 3.63) is 29.3 Å². The van der Waals surface area contributed by atoms with Crippen molar-refractivity contribution in [2.45, 2.75) is 46.1 Å². The topological polar surface area (TPSA) is 20.3 Å². The fourth-order valence-corrected chi connectivity index (χ4v) is 2.63. The minimum Gasteiger partial charge on any atom is -0.362 e. The van der Waals surface area contributed by atoms with E-state index in [9.17, 15) is 4.79 Å². The van der Waals surface area contributed by atoms with Crippen LogP contribution in [0.2, 0.25) is 0 Å². The molecule has 1 atom stereocenters. The molecule has 1 unspecified atom stereocenters. The van der Waals surface area contributed by atoms with Crippen LogP contribution in [0.3, 0.4) is 0 Å². The lowest BCUT2D eigenvalue weighted by Crippen LogP contribution is -2.42. The molecule has 0 radical (unpaired) electrons. The zero-order chi connectivity index (χ0) is 12.4. The highest BCUT2D eigenvalue weighted by Crippen LogP contribution is 2.29. The van der Waals surface area contributed by atoms with Crippen LogP contribution in [0.5, 0.6) is 0 Å². The summed E-state index contributed by atoms with van der Waals surface area (Å²) in [6, 6.07) is 6.58. The molecule has 0 N–H and O–H groups in total. The van der Waals surface area contributed by atoms with Gasteiger partial charge >= 0.3 is 0 Å². The first-order valence-corrected chi connectivity index (χ1v) is 6.52. The molecule has 0 saturated carbocycles. The Morgan fingerprint density at radius 1 is 1.47 bits per heavy atom. The first kappa shape index (κ1) is 12.2. The number of carbonyl (C=O) groups is 1. The SMILES string of the molecule is CCC(=O)C(C)N1CCCc2cc(C)ccc21. The number of aryl methyl sites for hydroxylation is 2. The quantitative estimate of drug-likeness (QED) is 0.796. The number of fused-ring (bicyclic) bond motifs is 1. The molecule has 0 aromatic heterocycles. The summed E-state index contributed by atoms with van der Waals surface area (Å²) in [6.45, 7) is 7.10. The summed E-state index contributed by atoms with van der Waals surface area (Å²) in [5.74, 6) is 0.332. The monoisotopic (exact) mass is 231 g/mol. The summed E-state index contributed by atoms with van der Waals surface area (Å²) in [7, 11) is 0. The van der Waals surface area contributed by atoms with Crippen LogP contribution in [0.4, 0.5) is 5.69 Å². The minimum absolute atomic E-state index is 0.0155. The van der Waals surface area contributed by atoms with E-state index in [0.29, 0.717) is 12.2 Å². The summed E-state index contributed by atoms with van der Waals surface area (Å²) in [5, 5.41) is 0. The van der Waals surface area contributed by atoms with Crippen LogP contribution in [0.1, 0.15) is 37.8 Å². The lowest BCUT2D eigenvalue weighted by Gasteiger charge is -2.35. The van der Waals surface area contributed by atoms with E-state index in [0.717, 1.165) is 19.4 Å². The van der Waals surface area contributed by atoms with Gasteiger partial charge < -0.3 is 4.90 Å². The van der Waals surface area contributed by atoms with Crippen LogP contribution in [0.25, 0.3) is 0 Å². The van der Waals surface area contributed by atoms with Gasteiger partial charge in [0.1, 0.15) is 0 Å². The molecular weight excluding hydrogens is 210 g/mol. The molecule has 1 heterocycles. The van der Waals surface area contributed by atoms with Crippen molar-refractivity contribution < 1.29 is 4.79 Å². The Morgan fingerprint density at radius 3 is 2.94 bits per heavy atom. The maximum Gasteiger partial charge on any atom is 0.154 e. The molecule has 0 spiro atoms. The van der Waals surface area contributed by atoms with Gasteiger partial charge in [-0.05, 0) is 38.3 Å². The van der Waals surface area contributed by atoms with Gasteiger partial charge in [-0.1, -0.05) is 24.6 Å². The normalized spacial score (nSPS) is 16.5. The highest BCUT2D eigenvalue weighted by molar-refractivity contribution is 5.87. The molecule has 0 amide bonds. The van der Waals surface area contributed by atoms with Crippen LogP contribution < -0.4 is 4.90 Å². The zero-order valence-electron chi connectivity index (χ0n) is 11.0. The van der Waals surface area contributed by atoms with Gasteiger partial charge in [0.15, 0.2) is 5.78 Å². The summed E-state index contributed by atoms with van der Waals surface area (Å²) in [4.78, 5) is 14.1. The molecule has 1 aromatic carbocycles. The van der Waals surface area contributed by atoms with Gasteiger partial charge in [-0.25, -0.2) is 0 Å². The third-order valence-corrected chi connectivity index (χ3v) is 3.67. The van der Waals surface area contributed by atoms with E-state index in [1.54, 1.807) is 0 Å². The molecule has 2 rings (SSSR count). The first-order chi connectivity index (χ1) is 8.13. The van der Waals surface area contributed by atoms with Gasteiger partial charge in [0.05, 0.1) is 6.04 Å². The van der Waals surface area contributed by atoms with Crippen molar-refractivity contribution in [1.82, 2.24) is 0 Å². The Labute approximate surface area is 104 Å². The summed E-state index contributed by atoms with van der Waals surface area (Å²) < 4.78 is 0. The van der Waals surface area contributed by atoms with Crippen LogP contribution >= 0.6 is 0 Å². The average Bonchev–Trinajstić information content (AvgIpc) is 2.35. The third kappa shape index (κ3) is 2.36. The number of hydrogen-bond acceptors (Lipinski definition) is 2. The smallest absolute Gasteiger partial charge is 0.154 e.